The molecule has 7 nitrogen and oxygen atoms in total. The van der Waals surface area contributed by atoms with Gasteiger partial charge in [0.1, 0.15) is 5.82 Å². The summed E-state index contributed by atoms with van der Waals surface area (Å²) in [7, 11) is 0. The highest BCUT2D eigenvalue weighted by Crippen LogP contribution is 2.34. The number of nitrogens with two attached hydrogens (primary N) is 1. The highest BCUT2D eigenvalue weighted by atomic mass is 19.3. The number of aliphatic hydroxyl groups is 1. The van der Waals surface area contributed by atoms with Crippen molar-refractivity contribution in [2.24, 2.45) is 5.73 Å². The molecular weight excluding hydrogens is 332 g/mol. The summed E-state index contributed by atoms with van der Waals surface area (Å²) < 4.78 is 26.5. The second kappa shape index (κ2) is 7.07. The molecule has 0 bridgehead atoms. The van der Waals surface area contributed by atoms with E-state index >= 15 is 0 Å². The van der Waals surface area contributed by atoms with Gasteiger partial charge in [0.25, 0.3) is 5.91 Å². The molecule has 2 atom stereocenters. The molecule has 2 aliphatic carbocycles. The molecule has 0 saturated heterocycles. The van der Waals surface area contributed by atoms with Crippen LogP contribution in [0.3, 0.4) is 0 Å². The van der Waals surface area contributed by atoms with Gasteiger partial charge in [0.05, 0.1) is 17.7 Å². The molecule has 138 valence electrons. The Hall–Kier alpha value is -2.03. The van der Waals surface area contributed by atoms with E-state index in [1.807, 2.05) is 0 Å². The summed E-state index contributed by atoms with van der Waals surface area (Å²) in [6.07, 6.45) is 3.49. The molecule has 0 radical (unpaired) electrons. The Balaban J connectivity index is 1.72. The van der Waals surface area contributed by atoms with E-state index < -0.39 is 17.9 Å². The maximum atomic E-state index is 13.2. The van der Waals surface area contributed by atoms with Crippen LogP contribution >= 0.6 is 0 Å². The number of anilines is 2. The van der Waals surface area contributed by atoms with Gasteiger partial charge in [0.2, 0.25) is 11.9 Å². The van der Waals surface area contributed by atoms with Crippen LogP contribution < -0.4 is 16.4 Å². The lowest BCUT2D eigenvalue weighted by Crippen LogP contribution is -2.33. The van der Waals surface area contributed by atoms with Crippen molar-refractivity contribution in [2.75, 3.05) is 10.6 Å². The summed E-state index contributed by atoms with van der Waals surface area (Å²) in [5.41, 5.74) is 5.50. The number of carbonyl (C=O) groups excluding carboxylic acids is 1. The van der Waals surface area contributed by atoms with E-state index in [1.165, 1.54) is 6.20 Å². The maximum absolute atomic E-state index is 13.2. The van der Waals surface area contributed by atoms with Crippen LogP contribution in [0.4, 0.5) is 20.5 Å². The van der Waals surface area contributed by atoms with Crippen molar-refractivity contribution < 1.29 is 18.7 Å². The van der Waals surface area contributed by atoms with Crippen molar-refractivity contribution in [3.8, 4) is 0 Å². The Kier molecular flexibility index (Phi) is 5.03. The number of hydrogen-bond donors (Lipinski definition) is 4. The average molecular weight is 355 g/mol. The fourth-order valence-corrected chi connectivity index (χ4v) is 3.39. The lowest BCUT2D eigenvalue weighted by atomic mass is 9.92. The van der Waals surface area contributed by atoms with Crippen LogP contribution in [0.25, 0.3) is 0 Å². The molecular formula is C16H23F2N5O2. The number of rotatable bonds is 5. The number of aliphatic hydroxyl groups excluding tert-OH is 1. The van der Waals surface area contributed by atoms with Gasteiger partial charge in [-0.2, -0.15) is 4.98 Å². The fraction of sp³-hybridized carbons (Fsp3) is 0.688. The minimum atomic E-state index is -2.60. The molecule has 0 unspecified atom stereocenters. The first-order valence-electron chi connectivity index (χ1n) is 8.60. The zero-order valence-electron chi connectivity index (χ0n) is 13.8. The first-order chi connectivity index (χ1) is 11.8. The van der Waals surface area contributed by atoms with Crippen LogP contribution in [-0.4, -0.2) is 45.1 Å². The fourth-order valence-electron chi connectivity index (χ4n) is 3.39. The van der Waals surface area contributed by atoms with Gasteiger partial charge in [0.15, 0.2) is 0 Å². The average Bonchev–Trinajstić information content (AvgIpc) is 2.94. The molecule has 1 amide bonds. The predicted molar refractivity (Wildman–Crippen MR) is 88.6 cm³/mol. The number of hydrogen-bond acceptors (Lipinski definition) is 6. The quantitative estimate of drug-likeness (QED) is 0.641. The molecule has 2 fully saturated rings. The Morgan fingerprint density at radius 2 is 1.96 bits per heavy atom. The Morgan fingerprint density at radius 1 is 1.24 bits per heavy atom. The molecule has 1 heterocycles. The molecule has 9 heteroatoms. The highest BCUT2D eigenvalue weighted by Gasteiger charge is 2.35. The van der Waals surface area contributed by atoms with Gasteiger partial charge in [-0.15, -0.1) is 0 Å². The van der Waals surface area contributed by atoms with Crippen LogP contribution in [0.15, 0.2) is 6.20 Å². The third-order valence-corrected chi connectivity index (χ3v) is 4.91. The van der Waals surface area contributed by atoms with E-state index in [0.29, 0.717) is 19.3 Å². The van der Waals surface area contributed by atoms with Gasteiger partial charge in [0, 0.05) is 25.1 Å². The molecule has 5 N–H and O–H groups in total. The van der Waals surface area contributed by atoms with E-state index in [0.717, 1.165) is 12.8 Å². The minimum absolute atomic E-state index is 0.135. The highest BCUT2D eigenvalue weighted by molar-refractivity contribution is 5.97. The molecule has 2 aliphatic rings. The van der Waals surface area contributed by atoms with Crippen LogP contribution in [-0.2, 0) is 0 Å². The minimum Gasteiger partial charge on any atom is -0.391 e. The summed E-state index contributed by atoms with van der Waals surface area (Å²) in [6, 6.07) is -0.335. The third-order valence-electron chi connectivity index (χ3n) is 4.91. The molecule has 3 rings (SSSR count). The van der Waals surface area contributed by atoms with E-state index in [1.54, 1.807) is 0 Å². The van der Waals surface area contributed by atoms with E-state index in [4.69, 9.17) is 5.73 Å². The van der Waals surface area contributed by atoms with Gasteiger partial charge in [-0.05, 0) is 32.1 Å². The topological polar surface area (TPSA) is 113 Å². The molecule has 2 saturated carbocycles. The van der Waals surface area contributed by atoms with E-state index in [-0.39, 0.29) is 42.3 Å². The van der Waals surface area contributed by atoms with Crippen molar-refractivity contribution >= 4 is 17.7 Å². The van der Waals surface area contributed by atoms with Crippen molar-refractivity contribution in [2.45, 2.75) is 69.1 Å². The van der Waals surface area contributed by atoms with Crippen molar-refractivity contribution in [3.05, 3.63) is 11.8 Å². The van der Waals surface area contributed by atoms with E-state index in [2.05, 4.69) is 20.6 Å². The Bertz CT molecular complexity index is 633. The number of halogens is 2. The SMILES string of the molecule is NC(=O)c1cnc(NC2CCC(F)(F)CC2)nc1N[C@@H]1CCC[C@H]1O. The number of amides is 1. The summed E-state index contributed by atoms with van der Waals surface area (Å²) >= 11 is 0. The van der Waals surface area contributed by atoms with Crippen molar-refractivity contribution in [3.63, 3.8) is 0 Å². The number of carbonyl (C=O) groups is 1. The number of nitrogens with zero attached hydrogens (tertiary/aromatic N) is 2. The second-order valence-electron chi connectivity index (χ2n) is 6.84. The van der Waals surface area contributed by atoms with Crippen LogP contribution in [0.1, 0.15) is 55.3 Å². The molecule has 1 aromatic rings. The molecule has 0 aromatic carbocycles. The van der Waals surface area contributed by atoms with E-state index in [9.17, 15) is 18.7 Å². The first kappa shape index (κ1) is 17.8. The summed E-state index contributed by atoms with van der Waals surface area (Å²) in [5.74, 6) is -2.74. The van der Waals surface area contributed by atoms with Crippen LogP contribution in [0, 0.1) is 0 Å². The smallest absolute Gasteiger partial charge is 0.254 e. The standard InChI is InChI=1S/C16H23F2N5O2/c17-16(18)6-4-9(5-7-16)21-15-20-8-10(13(19)25)14(23-15)22-11-2-1-3-12(11)24/h8-9,11-12,24H,1-7H2,(H2,19,25)(H2,20,21,22,23)/t11-,12-/m1/s1. The molecule has 0 spiro atoms. The predicted octanol–water partition coefficient (Wildman–Crippen LogP) is 1.89. The van der Waals surface area contributed by atoms with Gasteiger partial charge in [-0.1, -0.05) is 0 Å². The Morgan fingerprint density at radius 3 is 2.56 bits per heavy atom. The maximum Gasteiger partial charge on any atom is 0.254 e. The van der Waals surface area contributed by atoms with Crippen molar-refractivity contribution in [1.29, 1.82) is 0 Å². The lowest BCUT2D eigenvalue weighted by molar-refractivity contribution is -0.0361. The van der Waals surface area contributed by atoms with Crippen molar-refractivity contribution in [1.82, 2.24) is 9.97 Å². The largest absolute Gasteiger partial charge is 0.391 e. The summed E-state index contributed by atoms with van der Waals surface area (Å²) in [6.45, 7) is 0. The molecule has 1 aromatic heterocycles. The summed E-state index contributed by atoms with van der Waals surface area (Å²) in [4.78, 5) is 19.9. The van der Waals surface area contributed by atoms with Gasteiger partial charge in [-0.25, -0.2) is 13.8 Å². The molecule has 0 aliphatic heterocycles. The Labute approximate surface area is 144 Å². The number of alkyl halides is 2. The normalized spacial score (nSPS) is 26.4. The van der Waals surface area contributed by atoms with Crippen LogP contribution in [0.2, 0.25) is 0 Å². The number of primary amides is 1. The van der Waals surface area contributed by atoms with Gasteiger partial charge < -0.3 is 21.5 Å². The lowest BCUT2D eigenvalue weighted by Gasteiger charge is -2.29. The number of nitrogens with one attached hydrogen (secondary N) is 2. The first-order valence-corrected chi connectivity index (χ1v) is 8.60. The van der Waals surface area contributed by atoms with Gasteiger partial charge in [-0.3, -0.25) is 4.79 Å². The summed E-state index contributed by atoms with van der Waals surface area (Å²) in [5, 5.41) is 16.1. The van der Waals surface area contributed by atoms with Gasteiger partial charge >= 0.3 is 0 Å². The third kappa shape index (κ3) is 4.33. The monoisotopic (exact) mass is 355 g/mol. The zero-order chi connectivity index (χ0) is 18.0. The van der Waals surface area contributed by atoms with Crippen LogP contribution in [0.5, 0.6) is 0 Å². The molecule has 25 heavy (non-hydrogen) atoms. The second-order valence-corrected chi connectivity index (χ2v) is 6.84. The zero-order valence-corrected chi connectivity index (χ0v) is 13.8. The number of aromatic nitrogens is 2.